The van der Waals surface area contributed by atoms with Crippen molar-refractivity contribution >= 4 is 35.5 Å². The molecule has 0 radical (unpaired) electrons. The predicted molar refractivity (Wildman–Crippen MR) is 162 cm³/mol. The molecule has 0 bridgehead atoms. The van der Waals surface area contributed by atoms with Gasteiger partial charge in [0.05, 0.1) is 19.2 Å². The molecule has 244 valence electrons. The average Bonchev–Trinajstić information content (AvgIpc) is 3.27. The maximum absolute atomic E-state index is 14.2. The normalized spacial score (nSPS) is 21.0. The van der Waals surface area contributed by atoms with Crippen LogP contribution in [0.1, 0.15) is 93.4 Å². The van der Waals surface area contributed by atoms with Crippen molar-refractivity contribution in [2.45, 2.75) is 112 Å². The van der Waals surface area contributed by atoms with E-state index in [-0.39, 0.29) is 42.7 Å². The molecule has 3 atom stereocenters. The highest BCUT2D eigenvalue weighted by atomic mass is 16.5. The van der Waals surface area contributed by atoms with Crippen molar-refractivity contribution in [2.75, 3.05) is 26.7 Å². The van der Waals surface area contributed by atoms with E-state index >= 15 is 0 Å². The second-order valence-corrected chi connectivity index (χ2v) is 14.0. The van der Waals surface area contributed by atoms with Gasteiger partial charge in [-0.25, -0.2) is 4.79 Å². The Morgan fingerprint density at radius 1 is 0.953 bits per heavy atom. The zero-order valence-corrected chi connectivity index (χ0v) is 27.3. The van der Waals surface area contributed by atoms with Crippen LogP contribution < -0.4 is 21.3 Å². The van der Waals surface area contributed by atoms with Crippen LogP contribution in [0.2, 0.25) is 0 Å². The molecule has 1 aliphatic carbocycles. The minimum Gasteiger partial charge on any atom is -0.449 e. The second-order valence-electron chi connectivity index (χ2n) is 14.0. The largest absolute Gasteiger partial charge is 0.449 e. The number of alkyl carbamates (subject to hydrolysis) is 1. The van der Waals surface area contributed by atoms with Crippen LogP contribution in [-0.2, 0) is 28.7 Å². The van der Waals surface area contributed by atoms with Crippen LogP contribution in [0, 0.1) is 22.7 Å². The minimum absolute atomic E-state index is 0.113. The van der Waals surface area contributed by atoms with Gasteiger partial charge in [0.15, 0.2) is 0 Å². The Hall–Kier alpha value is -3.18. The lowest BCUT2D eigenvalue weighted by atomic mass is 9.71. The summed E-state index contributed by atoms with van der Waals surface area (Å²) in [6, 6.07) is -2.86. The number of hydrogen-bond acceptors (Lipinski definition) is 7. The predicted octanol–water partition coefficient (Wildman–Crippen LogP) is 2.30. The van der Waals surface area contributed by atoms with Crippen LogP contribution in [-0.4, -0.2) is 85.3 Å². The molecule has 43 heavy (non-hydrogen) atoms. The molecular formula is C31H53N5O7. The van der Waals surface area contributed by atoms with E-state index in [0.717, 1.165) is 25.7 Å². The summed E-state index contributed by atoms with van der Waals surface area (Å²) in [5.41, 5.74) is -0.252. The van der Waals surface area contributed by atoms with Gasteiger partial charge in [-0.1, -0.05) is 54.9 Å². The number of likely N-dealkylation sites (tertiary alicyclic amines) is 1. The zero-order valence-electron chi connectivity index (χ0n) is 27.3. The summed E-state index contributed by atoms with van der Waals surface area (Å²) < 4.78 is 5.36. The van der Waals surface area contributed by atoms with Crippen molar-refractivity contribution in [1.29, 1.82) is 0 Å². The van der Waals surface area contributed by atoms with Gasteiger partial charge in [0, 0.05) is 13.6 Å². The van der Waals surface area contributed by atoms with E-state index in [2.05, 4.69) is 35.1 Å². The van der Waals surface area contributed by atoms with Crippen molar-refractivity contribution < 1.29 is 33.5 Å². The summed E-state index contributed by atoms with van der Waals surface area (Å²) in [4.78, 5) is 79.1. The molecule has 2 fully saturated rings. The fourth-order valence-electron chi connectivity index (χ4n) is 5.78. The van der Waals surface area contributed by atoms with Gasteiger partial charge >= 0.3 is 6.09 Å². The topological polar surface area (TPSA) is 163 Å². The third kappa shape index (κ3) is 10.8. The lowest BCUT2D eigenvalue weighted by Gasteiger charge is -2.39. The third-order valence-corrected chi connectivity index (χ3v) is 8.37. The van der Waals surface area contributed by atoms with Crippen molar-refractivity contribution in [3.05, 3.63) is 0 Å². The molecule has 5 amide bonds. The Morgan fingerprint density at radius 2 is 1.58 bits per heavy atom. The van der Waals surface area contributed by atoms with Crippen LogP contribution in [0.4, 0.5) is 4.79 Å². The number of nitrogens with one attached hydrogen (secondary N) is 4. The molecule has 2 aliphatic rings. The molecule has 0 aromatic heterocycles. The molecule has 0 spiro atoms. The van der Waals surface area contributed by atoms with E-state index < -0.39 is 53.1 Å². The number of carbonyl (C=O) groups is 6. The van der Waals surface area contributed by atoms with Gasteiger partial charge in [0.1, 0.15) is 12.1 Å². The molecule has 1 saturated carbocycles. The van der Waals surface area contributed by atoms with E-state index in [4.69, 9.17) is 4.74 Å². The first-order valence-electron chi connectivity index (χ1n) is 15.6. The maximum Gasteiger partial charge on any atom is 0.407 e. The Bertz CT molecular complexity index is 1030. The standard InChI is InChI=1S/C31H53N5O7/c1-9-10-21(25(38)27(40)33-16-23(37)32-8)34-26(39)22-15-31(6,7)18-36(22)28(41)24(35-29(42)43-17-19(2)3)20-11-13-30(4,5)14-12-20/h19-22,24H,9-18H2,1-8H3,(H,32,37)(H,33,40)(H,34,39)(H,35,42)/t21-,22-,24-/m0/s1. The maximum atomic E-state index is 14.2. The number of hydrogen-bond donors (Lipinski definition) is 4. The van der Waals surface area contributed by atoms with Crippen molar-refractivity contribution in [3.63, 3.8) is 0 Å². The average molecular weight is 608 g/mol. The number of likely N-dealkylation sites (N-methyl/N-ethyl adjacent to an activating group) is 1. The van der Waals surface area contributed by atoms with E-state index in [1.165, 1.54) is 11.9 Å². The summed E-state index contributed by atoms with van der Waals surface area (Å²) in [5.74, 6) is -3.14. The van der Waals surface area contributed by atoms with E-state index in [1.807, 2.05) is 34.6 Å². The molecule has 0 aromatic rings. The molecule has 12 nitrogen and oxygen atoms in total. The summed E-state index contributed by atoms with van der Waals surface area (Å²) in [6.07, 6.45) is 3.73. The van der Waals surface area contributed by atoms with Gasteiger partial charge < -0.3 is 30.9 Å². The van der Waals surface area contributed by atoms with Gasteiger partial charge in [-0.3, -0.25) is 24.0 Å². The van der Waals surface area contributed by atoms with E-state index in [9.17, 15) is 28.8 Å². The highest BCUT2D eigenvalue weighted by molar-refractivity contribution is 6.38. The molecular weight excluding hydrogens is 554 g/mol. The van der Waals surface area contributed by atoms with Gasteiger partial charge in [-0.05, 0) is 61.2 Å². The lowest BCUT2D eigenvalue weighted by molar-refractivity contribution is -0.143. The van der Waals surface area contributed by atoms with E-state index in [0.29, 0.717) is 19.4 Å². The summed E-state index contributed by atoms with van der Waals surface area (Å²) in [7, 11) is 1.41. The number of carbonyl (C=O) groups excluding carboxylic acids is 6. The molecule has 0 unspecified atom stereocenters. The van der Waals surface area contributed by atoms with Crippen LogP contribution in [0.25, 0.3) is 0 Å². The quantitative estimate of drug-likeness (QED) is 0.234. The number of amides is 5. The van der Waals surface area contributed by atoms with Gasteiger partial charge in [0.2, 0.25) is 23.5 Å². The second kappa shape index (κ2) is 15.5. The number of rotatable bonds is 13. The number of ketones is 1. The van der Waals surface area contributed by atoms with Crippen LogP contribution in [0.15, 0.2) is 0 Å². The Kier molecular flexibility index (Phi) is 13.0. The minimum atomic E-state index is -1.11. The summed E-state index contributed by atoms with van der Waals surface area (Å²) in [5, 5.41) is 10.2. The van der Waals surface area contributed by atoms with Crippen LogP contribution >= 0.6 is 0 Å². The van der Waals surface area contributed by atoms with Gasteiger partial charge in [-0.15, -0.1) is 0 Å². The molecule has 4 N–H and O–H groups in total. The van der Waals surface area contributed by atoms with Crippen LogP contribution in [0.3, 0.4) is 0 Å². The highest BCUT2D eigenvalue weighted by Crippen LogP contribution is 2.41. The van der Waals surface area contributed by atoms with Crippen molar-refractivity contribution in [1.82, 2.24) is 26.2 Å². The zero-order chi connectivity index (χ0) is 32.5. The summed E-state index contributed by atoms with van der Waals surface area (Å²) in [6.45, 7) is 14.1. The van der Waals surface area contributed by atoms with Crippen LogP contribution in [0.5, 0.6) is 0 Å². The van der Waals surface area contributed by atoms with Crippen molar-refractivity contribution in [3.8, 4) is 0 Å². The fraction of sp³-hybridized carbons (Fsp3) is 0.806. The first-order valence-corrected chi connectivity index (χ1v) is 15.6. The fourth-order valence-corrected chi connectivity index (χ4v) is 5.78. The highest BCUT2D eigenvalue weighted by Gasteiger charge is 2.48. The Balaban J connectivity index is 2.27. The Morgan fingerprint density at radius 3 is 2.14 bits per heavy atom. The van der Waals surface area contributed by atoms with Gasteiger partial charge in [0.25, 0.3) is 5.91 Å². The monoisotopic (exact) mass is 607 g/mol. The summed E-state index contributed by atoms with van der Waals surface area (Å²) >= 11 is 0. The first kappa shape index (κ1) is 36.0. The number of Topliss-reactive ketones (excluding diaryl/α,β-unsaturated/α-hetero) is 1. The molecule has 2 rings (SSSR count). The first-order chi connectivity index (χ1) is 20.0. The Labute approximate surface area is 256 Å². The third-order valence-electron chi connectivity index (χ3n) is 8.37. The van der Waals surface area contributed by atoms with Gasteiger partial charge in [-0.2, -0.15) is 0 Å². The smallest absolute Gasteiger partial charge is 0.407 e. The number of ether oxygens (including phenoxy) is 1. The molecule has 12 heteroatoms. The van der Waals surface area contributed by atoms with E-state index in [1.54, 1.807) is 0 Å². The lowest BCUT2D eigenvalue weighted by Crippen LogP contribution is -2.58. The number of nitrogens with zero attached hydrogens (tertiary/aromatic N) is 1. The van der Waals surface area contributed by atoms with Crippen molar-refractivity contribution in [2.24, 2.45) is 22.7 Å². The SMILES string of the molecule is CCC[C@H](NC(=O)[C@@H]1CC(C)(C)CN1C(=O)[C@@H](NC(=O)OCC(C)C)C1CCC(C)(C)CC1)C(=O)C(=O)NCC(=O)NC. The molecule has 1 aliphatic heterocycles. The molecule has 0 aromatic carbocycles. The molecule has 1 heterocycles. The molecule has 1 saturated heterocycles.